The molecule has 0 radical (unpaired) electrons. The number of halogens is 1. The average Bonchev–Trinajstić information content (AvgIpc) is 3.01. The van der Waals surface area contributed by atoms with Gasteiger partial charge < -0.3 is 19.5 Å². The molecule has 1 atom stereocenters. The van der Waals surface area contributed by atoms with Gasteiger partial charge in [0.1, 0.15) is 5.82 Å². The van der Waals surface area contributed by atoms with E-state index in [0.29, 0.717) is 23.4 Å². The lowest BCUT2D eigenvalue weighted by atomic mass is 10.1. The number of likely N-dealkylation sites (tertiary alicyclic amines) is 1. The van der Waals surface area contributed by atoms with Crippen LogP contribution in [-0.2, 0) is 11.3 Å². The second-order valence-corrected chi connectivity index (χ2v) is 6.97. The number of benzene rings is 1. The number of H-pyrrole nitrogens is 1. The summed E-state index contributed by atoms with van der Waals surface area (Å²) in [6, 6.07) is 6.17. The molecule has 0 aliphatic carbocycles. The van der Waals surface area contributed by atoms with Crippen LogP contribution in [0.5, 0.6) is 0 Å². The Morgan fingerprint density at radius 2 is 2.28 bits per heavy atom. The average molecular weight is 347 g/mol. The number of rotatable bonds is 7. The summed E-state index contributed by atoms with van der Waals surface area (Å²) in [5, 5.41) is 0.399. The highest BCUT2D eigenvalue weighted by Crippen LogP contribution is 2.18. The second-order valence-electron chi connectivity index (χ2n) is 6.97. The van der Waals surface area contributed by atoms with Crippen LogP contribution in [0, 0.1) is 11.7 Å². The van der Waals surface area contributed by atoms with Crippen LogP contribution in [0.2, 0.25) is 0 Å². The minimum Gasteiger partial charge on any atom is -0.383 e. The molecule has 25 heavy (non-hydrogen) atoms. The molecule has 1 aliphatic rings. The highest BCUT2D eigenvalue weighted by atomic mass is 19.1. The van der Waals surface area contributed by atoms with Crippen molar-refractivity contribution in [3.63, 3.8) is 0 Å². The van der Waals surface area contributed by atoms with E-state index in [1.807, 2.05) is 7.05 Å². The van der Waals surface area contributed by atoms with Gasteiger partial charge in [-0.25, -0.2) is 4.39 Å². The molecule has 1 aromatic heterocycles. The van der Waals surface area contributed by atoms with Crippen molar-refractivity contribution in [3.8, 4) is 0 Å². The standard InChI is InChI=1S/C19H26FN3O2/c1-22(11-14-6-7-23(12-14)8-9-25-2)13-15-10-18(24)16-4-3-5-17(20)19(16)21-15/h3-5,10,14H,6-9,11-13H2,1-2H3,(H,21,24). The summed E-state index contributed by atoms with van der Waals surface area (Å²) in [7, 11) is 3.77. The quantitative estimate of drug-likeness (QED) is 0.833. The van der Waals surface area contributed by atoms with Gasteiger partial charge in [-0.15, -0.1) is 0 Å². The summed E-state index contributed by atoms with van der Waals surface area (Å²) in [5.74, 6) is 0.231. The van der Waals surface area contributed by atoms with Gasteiger partial charge >= 0.3 is 0 Å². The lowest BCUT2D eigenvalue weighted by Crippen LogP contribution is -2.30. The first kappa shape index (κ1) is 18.0. The zero-order valence-corrected chi connectivity index (χ0v) is 14.9. The smallest absolute Gasteiger partial charge is 0.189 e. The van der Waals surface area contributed by atoms with Crippen LogP contribution < -0.4 is 5.43 Å². The molecule has 0 saturated carbocycles. The molecule has 1 aliphatic heterocycles. The molecule has 1 unspecified atom stereocenters. The number of hydrogen-bond acceptors (Lipinski definition) is 4. The minimum atomic E-state index is -0.385. The molecule has 1 aromatic carbocycles. The van der Waals surface area contributed by atoms with Crippen LogP contribution in [0.1, 0.15) is 12.1 Å². The number of fused-ring (bicyclic) bond motifs is 1. The van der Waals surface area contributed by atoms with E-state index in [4.69, 9.17) is 4.74 Å². The topological polar surface area (TPSA) is 48.6 Å². The minimum absolute atomic E-state index is 0.136. The van der Waals surface area contributed by atoms with Crippen LogP contribution in [0.3, 0.4) is 0 Å². The predicted octanol–water partition coefficient (Wildman–Crippen LogP) is 2.07. The number of para-hydroxylation sites is 1. The van der Waals surface area contributed by atoms with Crippen LogP contribution in [0.4, 0.5) is 4.39 Å². The van der Waals surface area contributed by atoms with Crippen LogP contribution in [0.25, 0.3) is 10.9 Å². The van der Waals surface area contributed by atoms with E-state index in [2.05, 4.69) is 14.8 Å². The molecule has 2 aromatic rings. The molecular weight excluding hydrogens is 321 g/mol. The Balaban J connectivity index is 1.62. The zero-order chi connectivity index (χ0) is 17.8. The van der Waals surface area contributed by atoms with E-state index in [-0.39, 0.29) is 11.2 Å². The number of methoxy groups -OCH3 is 1. The second kappa shape index (κ2) is 8.08. The van der Waals surface area contributed by atoms with Crippen molar-refractivity contribution in [1.82, 2.24) is 14.8 Å². The Bertz CT molecular complexity index is 777. The van der Waals surface area contributed by atoms with Gasteiger partial charge in [0.15, 0.2) is 5.43 Å². The lowest BCUT2D eigenvalue weighted by Gasteiger charge is -2.21. The monoisotopic (exact) mass is 347 g/mol. The molecule has 1 saturated heterocycles. The van der Waals surface area contributed by atoms with Gasteiger partial charge in [-0.3, -0.25) is 4.79 Å². The first-order chi connectivity index (χ1) is 12.1. The molecular formula is C19H26FN3O2. The number of aromatic amines is 1. The first-order valence-electron chi connectivity index (χ1n) is 8.77. The number of pyridine rings is 1. The molecule has 0 amide bonds. The molecule has 5 nitrogen and oxygen atoms in total. The maximum atomic E-state index is 14.0. The van der Waals surface area contributed by atoms with Gasteiger partial charge in [-0.05, 0) is 38.1 Å². The highest BCUT2D eigenvalue weighted by Gasteiger charge is 2.23. The van der Waals surface area contributed by atoms with Gasteiger partial charge in [-0.2, -0.15) is 0 Å². The molecule has 136 valence electrons. The fraction of sp³-hybridized carbons (Fsp3) is 0.526. The number of nitrogens with one attached hydrogen (secondary N) is 1. The third-order valence-corrected chi connectivity index (χ3v) is 4.86. The number of aromatic nitrogens is 1. The van der Waals surface area contributed by atoms with Crippen molar-refractivity contribution in [2.24, 2.45) is 5.92 Å². The molecule has 1 N–H and O–H groups in total. The Morgan fingerprint density at radius 1 is 1.44 bits per heavy atom. The van der Waals surface area contributed by atoms with Gasteiger partial charge in [0.25, 0.3) is 0 Å². The summed E-state index contributed by atoms with van der Waals surface area (Å²) in [6.45, 7) is 5.51. The van der Waals surface area contributed by atoms with E-state index in [9.17, 15) is 9.18 Å². The molecule has 2 heterocycles. The molecule has 0 spiro atoms. The van der Waals surface area contributed by atoms with E-state index in [0.717, 1.165) is 38.5 Å². The van der Waals surface area contributed by atoms with Crippen LogP contribution in [0.15, 0.2) is 29.1 Å². The van der Waals surface area contributed by atoms with E-state index >= 15 is 0 Å². The van der Waals surface area contributed by atoms with Crippen molar-refractivity contribution >= 4 is 10.9 Å². The summed E-state index contributed by atoms with van der Waals surface area (Å²) in [4.78, 5) is 19.9. The van der Waals surface area contributed by atoms with Crippen molar-refractivity contribution in [1.29, 1.82) is 0 Å². The van der Waals surface area contributed by atoms with Crippen molar-refractivity contribution in [2.45, 2.75) is 13.0 Å². The third-order valence-electron chi connectivity index (χ3n) is 4.86. The SMILES string of the molecule is COCCN1CCC(CN(C)Cc2cc(=O)c3cccc(F)c3[nH]2)C1. The number of nitrogens with zero attached hydrogens (tertiary/aromatic N) is 2. The van der Waals surface area contributed by atoms with Gasteiger partial charge in [0, 0.05) is 50.4 Å². The Labute approximate surface area is 147 Å². The highest BCUT2D eigenvalue weighted by molar-refractivity contribution is 5.78. The summed E-state index contributed by atoms with van der Waals surface area (Å²) in [6.07, 6.45) is 1.18. The van der Waals surface area contributed by atoms with Crippen LogP contribution >= 0.6 is 0 Å². The largest absolute Gasteiger partial charge is 0.383 e. The lowest BCUT2D eigenvalue weighted by molar-refractivity contribution is 0.157. The molecule has 3 rings (SSSR count). The van der Waals surface area contributed by atoms with Crippen molar-refractivity contribution in [3.05, 3.63) is 46.0 Å². The molecule has 0 bridgehead atoms. The maximum absolute atomic E-state index is 14.0. The zero-order valence-electron chi connectivity index (χ0n) is 14.9. The van der Waals surface area contributed by atoms with Gasteiger partial charge in [0.2, 0.25) is 0 Å². The maximum Gasteiger partial charge on any atom is 0.189 e. The molecule has 1 fully saturated rings. The summed E-state index contributed by atoms with van der Waals surface area (Å²) in [5.41, 5.74) is 0.910. The normalized spacial score (nSPS) is 18.5. The first-order valence-corrected chi connectivity index (χ1v) is 8.77. The van der Waals surface area contributed by atoms with Crippen molar-refractivity contribution < 1.29 is 9.13 Å². The van der Waals surface area contributed by atoms with Crippen molar-refractivity contribution in [2.75, 3.05) is 46.9 Å². The van der Waals surface area contributed by atoms with E-state index in [1.165, 1.54) is 12.5 Å². The molecule has 6 heteroatoms. The Hall–Kier alpha value is -1.76. The summed E-state index contributed by atoms with van der Waals surface area (Å²) < 4.78 is 19.1. The Kier molecular flexibility index (Phi) is 5.83. The third kappa shape index (κ3) is 4.45. The van der Waals surface area contributed by atoms with E-state index in [1.54, 1.807) is 25.3 Å². The predicted molar refractivity (Wildman–Crippen MR) is 97.3 cm³/mol. The van der Waals surface area contributed by atoms with Crippen LogP contribution in [-0.4, -0.2) is 61.7 Å². The van der Waals surface area contributed by atoms with Gasteiger partial charge in [0.05, 0.1) is 12.1 Å². The number of hydrogen-bond donors (Lipinski definition) is 1. The number of ether oxygens (including phenoxy) is 1. The van der Waals surface area contributed by atoms with Gasteiger partial charge in [-0.1, -0.05) is 6.07 Å². The van der Waals surface area contributed by atoms with E-state index < -0.39 is 0 Å². The fourth-order valence-electron chi connectivity index (χ4n) is 3.66. The summed E-state index contributed by atoms with van der Waals surface area (Å²) >= 11 is 0. The fourth-order valence-corrected chi connectivity index (χ4v) is 3.66. The Morgan fingerprint density at radius 3 is 3.08 bits per heavy atom.